The Kier molecular flexibility index (Phi) is 3.81. The Balaban J connectivity index is 1.94. The molecule has 2 rings (SSSR count). The van der Waals surface area contributed by atoms with Crippen LogP contribution in [-0.2, 0) is 0 Å². The Bertz CT molecular complexity index is 456. The molecule has 0 unspecified atom stereocenters. The molecule has 0 aliphatic heterocycles. The summed E-state index contributed by atoms with van der Waals surface area (Å²) in [5.41, 5.74) is 1.59. The average Bonchev–Trinajstić information content (AvgIpc) is 3.12. The van der Waals surface area contributed by atoms with Gasteiger partial charge < -0.3 is 10.1 Å². The van der Waals surface area contributed by atoms with Gasteiger partial charge in [0.1, 0.15) is 12.4 Å². The fourth-order valence-electron chi connectivity index (χ4n) is 1.84. The molecule has 1 N–H and O–H groups in total. The quantitative estimate of drug-likeness (QED) is 0.478. The van der Waals surface area contributed by atoms with E-state index in [9.17, 15) is 10.1 Å². The van der Waals surface area contributed by atoms with Gasteiger partial charge in [-0.15, -0.1) is 0 Å². The third-order valence-corrected chi connectivity index (χ3v) is 3.06. The lowest BCUT2D eigenvalue weighted by Crippen LogP contribution is -2.23. The van der Waals surface area contributed by atoms with Crippen LogP contribution in [0.4, 0.5) is 5.69 Å². The van der Waals surface area contributed by atoms with Crippen LogP contribution in [0.5, 0.6) is 5.75 Å². The normalized spacial score (nSPS) is 14.6. The lowest BCUT2D eigenvalue weighted by atomic mass is 10.1. The predicted octanol–water partition coefficient (Wildman–Crippen LogP) is 2.34. The molecule has 0 aromatic heterocycles. The molecular weight excluding hydrogens is 232 g/mol. The first-order valence-corrected chi connectivity index (χ1v) is 6.19. The first kappa shape index (κ1) is 12.8. The molecule has 1 saturated carbocycles. The molecule has 0 saturated heterocycles. The Morgan fingerprint density at radius 2 is 2.11 bits per heavy atom. The zero-order chi connectivity index (χ0) is 13.1. The summed E-state index contributed by atoms with van der Waals surface area (Å²) in [4.78, 5) is 10.4. The summed E-state index contributed by atoms with van der Waals surface area (Å²) < 4.78 is 5.65. The Morgan fingerprint density at radius 3 is 2.72 bits per heavy atom. The highest BCUT2D eigenvalue weighted by molar-refractivity contribution is 5.49. The van der Waals surface area contributed by atoms with Gasteiger partial charge >= 0.3 is 0 Å². The molecule has 0 atom stereocenters. The highest BCUT2D eigenvalue weighted by atomic mass is 16.6. The maximum Gasteiger partial charge on any atom is 0.272 e. The van der Waals surface area contributed by atoms with Crippen LogP contribution >= 0.6 is 0 Å². The van der Waals surface area contributed by atoms with E-state index < -0.39 is 0 Å². The van der Waals surface area contributed by atoms with Crippen LogP contribution in [0, 0.1) is 24.0 Å². The maximum absolute atomic E-state index is 10.8. The van der Waals surface area contributed by atoms with Gasteiger partial charge in [-0.2, -0.15) is 0 Å². The van der Waals surface area contributed by atoms with E-state index in [0.29, 0.717) is 18.2 Å². The van der Waals surface area contributed by atoms with E-state index in [0.717, 1.165) is 17.9 Å². The van der Waals surface area contributed by atoms with E-state index in [4.69, 9.17) is 4.74 Å². The lowest BCUT2D eigenvalue weighted by molar-refractivity contribution is -0.385. The van der Waals surface area contributed by atoms with Crippen LogP contribution < -0.4 is 10.1 Å². The highest BCUT2D eigenvalue weighted by Crippen LogP contribution is 2.27. The predicted molar refractivity (Wildman–Crippen MR) is 69.1 cm³/mol. The Hall–Kier alpha value is -1.62. The first-order chi connectivity index (χ1) is 8.58. The molecule has 98 valence electrons. The van der Waals surface area contributed by atoms with E-state index in [1.54, 1.807) is 19.1 Å². The average molecular weight is 250 g/mol. The standard InChI is InChI=1S/C13H18N2O3/c1-9-8-13(10(2)7-12(9)15(16)17)18-6-5-14-11-3-4-11/h7-8,11,14H,3-6H2,1-2H3. The van der Waals surface area contributed by atoms with Crippen LogP contribution in [0.2, 0.25) is 0 Å². The van der Waals surface area contributed by atoms with Gasteiger partial charge in [0.15, 0.2) is 0 Å². The number of hydrogen-bond donors (Lipinski definition) is 1. The largest absolute Gasteiger partial charge is 0.492 e. The minimum atomic E-state index is -0.360. The molecule has 1 fully saturated rings. The van der Waals surface area contributed by atoms with Crippen LogP contribution in [0.1, 0.15) is 24.0 Å². The van der Waals surface area contributed by atoms with Crippen molar-refractivity contribution >= 4 is 5.69 Å². The van der Waals surface area contributed by atoms with Crippen molar-refractivity contribution in [1.82, 2.24) is 5.32 Å². The summed E-state index contributed by atoms with van der Waals surface area (Å²) in [5.74, 6) is 0.732. The van der Waals surface area contributed by atoms with Crippen molar-refractivity contribution in [2.24, 2.45) is 0 Å². The third-order valence-electron chi connectivity index (χ3n) is 3.06. The van der Waals surface area contributed by atoms with Crippen molar-refractivity contribution in [3.05, 3.63) is 33.4 Å². The third kappa shape index (κ3) is 3.20. The summed E-state index contributed by atoms with van der Waals surface area (Å²) in [6, 6.07) is 3.98. The monoisotopic (exact) mass is 250 g/mol. The minimum Gasteiger partial charge on any atom is -0.492 e. The number of nitrogens with one attached hydrogen (secondary N) is 1. The van der Waals surface area contributed by atoms with Gasteiger partial charge in [0.05, 0.1) is 4.92 Å². The highest BCUT2D eigenvalue weighted by Gasteiger charge is 2.19. The SMILES string of the molecule is Cc1cc([N+](=O)[O-])c(C)cc1OCCNC1CC1. The van der Waals surface area contributed by atoms with E-state index in [1.165, 1.54) is 12.8 Å². The van der Waals surface area contributed by atoms with Crippen molar-refractivity contribution < 1.29 is 9.66 Å². The van der Waals surface area contributed by atoms with Gasteiger partial charge in [-0.05, 0) is 38.3 Å². The molecule has 0 radical (unpaired) electrons. The molecular formula is C13H18N2O3. The molecule has 0 bridgehead atoms. The van der Waals surface area contributed by atoms with E-state index in [1.807, 2.05) is 6.92 Å². The molecule has 5 nitrogen and oxygen atoms in total. The number of nitro groups is 1. The van der Waals surface area contributed by atoms with Gasteiger partial charge in [-0.3, -0.25) is 10.1 Å². The fourth-order valence-corrected chi connectivity index (χ4v) is 1.84. The minimum absolute atomic E-state index is 0.149. The van der Waals surface area contributed by atoms with Crippen LogP contribution in [-0.4, -0.2) is 24.1 Å². The van der Waals surface area contributed by atoms with Crippen molar-refractivity contribution in [2.45, 2.75) is 32.7 Å². The number of hydrogen-bond acceptors (Lipinski definition) is 4. The molecule has 1 aromatic rings. The molecule has 0 amide bonds. The number of nitro benzene ring substituents is 1. The second kappa shape index (κ2) is 5.35. The zero-order valence-corrected chi connectivity index (χ0v) is 10.7. The molecule has 1 aromatic carbocycles. The second-order valence-electron chi connectivity index (χ2n) is 4.74. The van der Waals surface area contributed by atoms with E-state index in [-0.39, 0.29) is 10.6 Å². The van der Waals surface area contributed by atoms with Crippen molar-refractivity contribution in [2.75, 3.05) is 13.2 Å². The zero-order valence-electron chi connectivity index (χ0n) is 10.7. The van der Waals surface area contributed by atoms with Crippen molar-refractivity contribution in [3.63, 3.8) is 0 Å². The van der Waals surface area contributed by atoms with Crippen LogP contribution in [0.3, 0.4) is 0 Å². The van der Waals surface area contributed by atoms with Crippen LogP contribution in [0.25, 0.3) is 0 Å². The first-order valence-electron chi connectivity index (χ1n) is 6.19. The van der Waals surface area contributed by atoms with E-state index in [2.05, 4.69) is 5.32 Å². The van der Waals surface area contributed by atoms with Crippen LogP contribution in [0.15, 0.2) is 12.1 Å². The van der Waals surface area contributed by atoms with Gasteiger partial charge in [0.25, 0.3) is 5.69 Å². The number of nitrogens with zero attached hydrogens (tertiary/aromatic N) is 1. The van der Waals surface area contributed by atoms with Gasteiger partial charge in [-0.1, -0.05) is 0 Å². The molecule has 18 heavy (non-hydrogen) atoms. The van der Waals surface area contributed by atoms with Gasteiger partial charge in [0.2, 0.25) is 0 Å². The Morgan fingerprint density at radius 1 is 1.39 bits per heavy atom. The molecule has 1 aliphatic rings. The van der Waals surface area contributed by atoms with E-state index >= 15 is 0 Å². The lowest BCUT2D eigenvalue weighted by Gasteiger charge is -2.10. The van der Waals surface area contributed by atoms with Gasteiger partial charge in [-0.25, -0.2) is 0 Å². The number of rotatable bonds is 6. The maximum atomic E-state index is 10.8. The Labute approximate surface area is 106 Å². The van der Waals surface area contributed by atoms with Gasteiger partial charge in [0, 0.05) is 24.2 Å². The number of benzene rings is 1. The topological polar surface area (TPSA) is 64.4 Å². The number of aryl methyl sites for hydroxylation is 2. The molecule has 5 heteroatoms. The summed E-state index contributed by atoms with van der Waals surface area (Å²) in [6.07, 6.45) is 2.52. The second-order valence-corrected chi connectivity index (χ2v) is 4.74. The fraction of sp³-hybridized carbons (Fsp3) is 0.538. The summed E-state index contributed by atoms with van der Waals surface area (Å²) in [5, 5.41) is 14.1. The smallest absolute Gasteiger partial charge is 0.272 e. The summed E-state index contributed by atoms with van der Waals surface area (Å²) in [6.45, 7) is 4.97. The number of ether oxygens (including phenoxy) is 1. The summed E-state index contributed by atoms with van der Waals surface area (Å²) in [7, 11) is 0. The molecule has 0 spiro atoms. The van der Waals surface area contributed by atoms with Crippen molar-refractivity contribution in [3.8, 4) is 5.75 Å². The molecule has 1 aliphatic carbocycles. The molecule has 0 heterocycles. The van der Waals surface area contributed by atoms with Crippen molar-refractivity contribution in [1.29, 1.82) is 0 Å². The summed E-state index contributed by atoms with van der Waals surface area (Å²) >= 11 is 0.